The summed E-state index contributed by atoms with van der Waals surface area (Å²) in [4.78, 5) is 26.4. The van der Waals surface area contributed by atoms with Crippen molar-refractivity contribution >= 4 is 84.4 Å². The van der Waals surface area contributed by atoms with Crippen molar-refractivity contribution in [2.75, 3.05) is 4.90 Å². The van der Waals surface area contributed by atoms with Crippen LogP contribution >= 0.6 is 55.7 Å². The second-order valence-electron chi connectivity index (χ2n) is 5.26. The number of anilines is 1. The van der Waals surface area contributed by atoms with Gasteiger partial charge < -0.3 is 5.11 Å². The summed E-state index contributed by atoms with van der Waals surface area (Å²) in [5.74, 6) is -1.33. The lowest BCUT2D eigenvalue weighted by atomic mass is 10.1. The monoisotopic (exact) mass is 514 g/mol. The molecule has 0 saturated carbocycles. The summed E-state index contributed by atoms with van der Waals surface area (Å²) >= 11 is 17.5. The van der Waals surface area contributed by atoms with Crippen LogP contribution < -0.4 is 10.2 Å². The first-order valence-electron chi connectivity index (χ1n) is 7.13. The number of rotatable bonds is 2. The van der Waals surface area contributed by atoms with Crippen LogP contribution in [0.2, 0.25) is 5.02 Å². The summed E-state index contributed by atoms with van der Waals surface area (Å²) in [6, 6.07) is 9.71. The van der Waals surface area contributed by atoms with E-state index in [1.807, 2.05) is 0 Å². The van der Waals surface area contributed by atoms with E-state index >= 15 is 0 Å². The molecule has 2 amide bonds. The van der Waals surface area contributed by atoms with Crippen LogP contribution in [0.15, 0.2) is 50.9 Å². The van der Waals surface area contributed by atoms with Gasteiger partial charge in [-0.15, -0.1) is 0 Å². The van der Waals surface area contributed by atoms with E-state index in [4.69, 9.17) is 23.8 Å². The van der Waals surface area contributed by atoms with Crippen molar-refractivity contribution in [1.82, 2.24) is 5.32 Å². The SMILES string of the molecule is O=C1NC(=S)N(c2ccc(Cl)cc2)C(=O)/C1=C/c1cc(Br)cc(Br)c1O. The van der Waals surface area contributed by atoms with E-state index < -0.39 is 11.8 Å². The van der Waals surface area contributed by atoms with Gasteiger partial charge in [0.25, 0.3) is 11.8 Å². The third kappa shape index (κ3) is 3.68. The number of hydrogen-bond donors (Lipinski definition) is 2. The Kier molecular flexibility index (Phi) is 5.47. The number of hydrogen-bond acceptors (Lipinski definition) is 4. The number of nitrogens with one attached hydrogen (secondary N) is 1. The van der Waals surface area contributed by atoms with E-state index in [1.54, 1.807) is 36.4 Å². The van der Waals surface area contributed by atoms with Crippen molar-refractivity contribution in [2.24, 2.45) is 0 Å². The Morgan fingerprint density at radius 2 is 1.81 bits per heavy atom. The quantitative estimate of drug-likeness (QED) is 0.353. The summed E-state index contributed by atoms with van der Waals surface area (Å²) in [6.45, 7) is 0. The molecule has 132 valence electrons. The largest absolute Gasteiger partial charge is 0.506 e. The molecular formula is C17H9Br2ClN2O3S. The molecule has 0 radical (unpaired) electrons. The lowest BCUT2D eigenvalue weighted by molar-refractivity contribution is -0.122. The Morgan fingerprint density at radius 3 is 2.46 bits per heavy atom. The Morgan fingerprint density at radius 1 is 1.15 bits per heavy atom. The van der Waals surface area contributed by atoms with E-state index in [9.17, 15) is 14.7 Å². The molecule has 1 fully saturated rings. The maximum atomic E-state index is 12.9. The van der Waals surface area contributed by atoms with Crippen molar-refractivity contribution in [2.45, 2.75) is 0 Å². The highest BCUT2D eigenvalue weighted by Crippen LogP contribution is 2.34. The third-order valence-electron chi connectivity index (χ3n) is 3.54. The van der Waals surface area contributed by atoms with Crippen molar-refractivity contribution in [3.05, 3.63) is 61.5 Å². The van der Waals surface area contributed by atoms with Crippen LogP contribution in [-0.4, -0.2) is 22.0 Å². The zero-order chi connectivity index (χ0) is 19.0. The Bertz CT molecular complexity index is 977. The topological polar surface area (TPSA) is 69.6 Å². The fourth-order valence-electron chi connectivity index (χ4n) is 2.33. The molecule has 9 heteroatoms. The van der Waals surface area contributed by atoms with Crippen LogP contribution in [0, 0.1) is 0 Å². The first kappa shape index (κ1) is 19.0. The molecule has 2 aromatic carbocycles. The first-order valence-corrected chi connectivity index (χ1v) is 9.50. The Balaban J connectivity index is 2.07. The molecule has 0 bridgehead atoms. The number of thiocarbonyl (C=S) groups is 1. The number of aromatic hydroxyl groups is 1. The minimum Gasteiger partial charge on any atom is -0.506 e. The first-order chi connectivity index (χ1) is 12.3. The van der Waals surface area contributed by atoms with Crippen molar-refractivity contribution in [1.29, 1.82) is 0 Å². The molecule has 0 atom stereocenters. The van der Waals surface area contributed by atoms with Gasteiger partial charge in [0.2, 0.25) is 0 Å². The van der Waals surface area contributed by atoms with Gasteiger partial charge in [0, 0.05) is 15.1 Å². The molecule has 0 aromatic heterocycles. The van der Waals surface area contributed by atoms with Gasteiger partial charge in [0.1, 0.15) is 11.3 Å². The van der Waals surface area contributed by atoms with Gasteiger partial charge in [-0.2, -0.15) is 0 Å². The van der Waals surface area contributed by atoms with Gasteiger partial charge in [-0.1, -0.05) is 27.5 Å². The molecule has 26 heavy (non-hydrogen) atoms. The Hall–Kier alpha value is -1.74. The molecule has 2 aromatic rings. The molecule has 1 aliphatic heterocycles. The van der Waals surface area contributed by atoms with Crippen LogP contribution in [0.5, 0.6) is 5.75 Å². The fraction of sp³-hybridized carbons (Fsp3) is 0. The summed E-state index contributed by atoms with van der Waals surface area (Å²) in [5, 5.41) is 13.1. The van der Waals surface area contributed by atoms with E-state index in [-0.39, 0.29) is 16.4 Å². The van der Waals surface area contributed by atoms with Crippen LogP contribution in [0.4, 0.5) is 5.69 Å². The zero-order valence-electron chi connectivity index (χ0n) is 12.8. The summed E-state index contributed by atoms with van der Waals surface area (Å²) < 4.78 is 1.09. The molecule has 0 aliphatic carbocycles. The molecule has 0 spiro atoms. The fourth-order valence-corrected chi connectivity index (χ4v) is 4.00. The smallest absolute Gasteiger partial charge is 0.270 e. The number of halogens is 3. The van der Waals surface area contributed by atoms with E-state index in [0.29, 0.717) is 25.2 Å². The molecular weight excluding hydrogens is 508 g/mol. The minimum absolute atomic E-state index is 0.0286. The number of amides is 2. The zero-order valence-corrected chi connectivity index (χ0v) is 17.5. The highest BCUT2D eigenvalue weighted by Gasteiger charge is 2.34. The molecule has 1 heterocycles. The van der Waals surface area contributed by atoms with Crippen LogP contribution in [-0.2, 0) is 9.59 Å². The van der Waals surface area contributed by atoms with Crippen molar-refractivity contribution in [3.8, 4) is 5.75 Å². The summed E-state index contributed by atoms with van der Waals surface area (Å²) in [6.07, 6.45) is 1.31. The molecule has 5 nitrogen and oxygen atoms in total. The number of carbonyl (C=O) groups excluding carboxylic acids is 2. The van der Waals surface area contributed by atoms with Gasteiger partial charge >= 0.3 is 0 Å². The van der Waals surface area contributed by atoms with Crippen molar-refractivity contribution in [3.63, 3.8) is 0 Å². The average Bonchev–Trinajstić information content (AvgIpc) is 2.57. The molecule has 0 unspecified atom stereocenters. The van der Waals surface area contributed by atoms with E-state index in [2.05, 4.69) is 37.2 Å². The number of phenols is 1. The normalized spacial score (nSPS) is 16.2. The van der Waals surface area contributed by atoms with Crippen LogP contribution in [0.1, 0.15) is 5.56 Å². The highest BCUT2D eigenvalue weighted by atomic mass is 79.9. The molecule has 1 saturated heterocycles. The summed E-state index contributed by atoms with van der Waals surface area (Å²) in [7, 11) is 0. The van der Waals surface area contributed by atoms with Crippen LogP contribution in [0.25, 0.3) is 6.08 Å². The minimum atomic E-state index is -0.638. The predicted octanol–water partition coefficient (Wildman–Crippen LogP) is 4.40. The maximum Gasteiger partial charge on any atom is 0.270 e. The highest BCUT2D eigenvalue weighted by molar-refractivity contribution is 9.11. The number of nitrogens with zero attached hydrogens (tertiary/aromatic N) is 1. The van der Waals surface area contributed by atoms with E-state index in [1.165, 1.54) is 11.0 Å². The maximum absolute atomic E-state index is 12.9. The predicted molar refractivity (Wildman–Crippen MR) is 111 cm³/mol. The lowest BCUT2D eigenvalue weighted by Gasteiger charge is -2.29. The van der Waals surface area contributed by atoms with Gasteiger partial charge in [0.05, 0.1) is 10.2 Å². The number of benzene rings is 2. The standard InChI is InChI=1S/C17H9Br2ClN2O3S/c18-9-5-8(14(23)13(19)7-9)6-12-15(24)21-17(26)22(16(12)25)11-3-1-10(20)2-4-11/h1-7,23H,(H,21,24,26)/b12-6+. The lowest BCUT2D eigenvalue weighted by Crippen LogP contribution is -2.54. The molecule has 2 N–H and O–H groups in total. The molecule has 1 aliphatic rings. The second kappa shape index (κ2) is 7.48. The third-order valence-corrected chi connectivity index (χ3v) is 5.14. The second-order valence-corrected chi connectivity index (χ2v) is 7.85. The Labute approximate surface area is 175 Å². The number of phenolic OH excluding ortho intramolecular Hbond substituents is 1. The van der Waals surface area contributed by atoms with Gasteiger partial charge in [0.15, 0.2) is 5.11 Å². The van der Waals surface area contributed by atoms with Crippen molar-refractivity contribution < 1.29 is 14.7 Å². The number of carbonyl (C=O) groups is 2. The van der Waals surface area contributed by atoms with E-state index in [0.717, 1.165) is 0 Å². The summed E-state index contributed by atoms with van der Waals surface area (Å²) in [5.41, 5.74) is 0.609. The van der Waals surface area contributed by atoms with Gasteiger partial charge in [-0.25, -0.2) is 0 Å². The van der Waals surface area contributed by atoms with Crippen LogP contribution in [0.3, 0.4) is 0 Å². The molecule has 3 rings (SSSR count). The average molecular weight is 517 g/mol. The van der Waals surface area contributed by atoms with Gasteiger partial charge in [-0.3, -0.25) is 19.8 Å². The van der Waals surface area contributed by atoms with Gasteiger partial charge in [-0.05, 0) is 70.6 Å².